The molecule has 0 spiro atoms. The van der Waals surface area contributed by atoms with E-state index in [4.69, 9.17) is 9.72 Å². The number of ether oxygens (including phenoxy) is 1. The van der Waals surface area contributed by atoms with Gasteiger partial charge in [-0.1, -0.05) is 67.1 Å². The summed E-state index contributed by atoms with van der Waals surface area (Å²) in [5.74, 6) is -0.640. The molecule has 1 N–H and O–H groups in total. The molecule has 1 aliphatic heterocycles. The summed E-state index contributed by atoms with van der Waals surface area (Å²) < 4.78 is 8.06. The Morgan fingerprint density at radius 3 is 2.36 bits per heavy atom. The molecule has 1 aliphatic carbocycles. The first-order valence-corrected chi connectivity index (χ1v) is 15.1. The lowest BCUT2D eigenvalue weighted by molar-refractivity contribution is -0.384. The third-order valence-electron chi connectivity index (χ3n) is 8.57. The normalized spacial score (nSPS) is 19.7. The SMILES string of the molecule is Cl.O=C(O[C@@H]1CCCC[C@@H]1n1cnc(C(=O)N2CCNC[C@H]2Cc2ccccc2)c1-c1ccccc1)c1ccc([N+](=O)[O-])cc1. The summed E-state index contributed by atoms with van der Waals surface area (Å²) in [7, 11) is 0. The van der Waals surface area contributed by atoms with Gasteiger partial charge >= 0.3 is 5.97 Å². The van der Waals surface area contributed by atoms with Crippen molar-refractivity contribution in [3.8, 4) is 11.3 Å². The lowest BCUT2D eigenvalue weighted by atomic mass is 9.91. The molecule has 45 heavy (non-hydrogen) atoms. The van der Waals surface area contributed by atoms with Gasteiger partial charge in [-0.05, 0) is 43.4 Å². The summed E-state index contributed by atoms with van der Waals surface area (Å²) in [5.41, 5.74) is 3.32. The number of imidazole rings is 1. The highest BCUT2D eigenvalue weighted by Crippen LogP contribution is 2.37. The van der Waals surface area contributed by atoms with Crippen LogP contribution in [0.5, 0.6) is 0 Å². The molecule has 4 aromatic rings. The molecule has 1 saturated heterocycles. The summed E-state index contributed by atoms with van der Waals surface area (Å²) in [6.45, 7) is 1.99. The molecule has 1 aromatic heterocycles. The number of amides is 1. The number of carbonyl (C=O) groups is 2. The van der Waals surface area contributed by atoms with Crippen molar-refractivity contribution in [3.05, 3.63) is 118 Å². The van der Waals surface area contributed by atoms with Crippen LogP contribution in [0.3, 0.4) is 0 Å². The van der Waals surface area contributed by atoms with E-state index in [-0.39, 0.29) is 41.6 Å². The van der Waals surface area contributed by atoms with Gasteiger partial charge < -0.3 is 19.5 Å². The number of nitrogens with zero attached hydrogens (tertiary/aromatic N) is 4. The molecule has 6 rings (SSSR count). The Kier molecular flexibility index (Phi) is 10.3. The Bertz CT molecular complexity index is 1610. The number of hydrogen-bond donors (Lipinski definition) is 1. The highest BCUT2D eigenvalue weighted by atomic mass is 35.5. The molecule has 3 atom stereocenters. The summed E-state index contributed by atoms with van der Waals surface area (Å²) in [6.07, 6.45) is 5.27. The second-order valence-corrected chi connectivity index (χ2v) is 11.4. The van der Waals surface area contributed by atoms with Gasteiger partial charge in [0, 0.05) is 43.4 Å². The molecule has 234 valence electrons. The Hall–Kier alpha value is -4.54. The largest absolute Gasteiger partial charge is 0.457 e. The Labute approximate surface area is 268 Å². The molecular formula is C34H36ClN5O5. The lowest BCUT2D eigenvalue weighted by Gasteiger charge is -2.36. The van der Waals surface area contributed by atoms with E-state index in [9.17, 15) is 19.7 Å². The van der Waals surface area contributed by atoms with E-state index in [1.807, 2.05) is 58.0 Å². The minimum Gasteiger partial charge on any atom is -0.457 e. The van der Waals surface area contributed by atoms with Crippen molar-refractivity contribution in [1.82, 2.24) is 19.8 Å². The molecule has 1 amide bonds. The van der Waals surface area contributed by atoms with Crippen molar-refractivity contribution in [3.63, 3.8) is 0 Å². The van der Waals surface area contributed by atoms with Crippen LogP contribution in [0, 0.1) is 10.1 Å². The number of hydrogen-bond acceptors (Lipinski definition) is 7. The highest BCUT2D eigenvalue weighted by molar-refractivity contribution is 5.98. The number of nitro groups is 1. The number of carbonyl (C=O) groups excluding carboxylic acids is 2. The van der Waals surface area contributed by atoms with Crippen LogP contribution >= 0.6 is 12.4 Å². The van der Waals surface area contributed by atoms with Crippen molar-refractivity contribution >= 4 is 30.0 Å². The Morgan fingerprint density at radius 2 is 1.64 bits per heavy atom. The monoisotopic (exact) mass is 629 g/mol. The molecule has 2 aliphatic rings. The molecule has 2 fully saturated rings. The molecule has 0 unspecified atom stereocenters. The minimum absolute atomic E-state index is 0. The third-order valence-corrected chi connectivity index (χ3v) is 8.57. The van der Waals surface area contributed by atoms with Crippen molar-refractivity contribution in [2.24, 2.45) is 0 Å². The maximum absolute atomic E-state index is 14.3. The van der Waals surface area contributed by atoms with Gasteiger partial charge in [-0.2, -0.15) is 0 Å². The van der Waals surface area contributed by atoms with E-state index in [1.54, 1.807) is 6.33 Å². The predicted octanol–water partition coefficient (Wildman–Crippen LogP) is 5.88. The van der Waals surface area contributed by atoms with Crippen LogP contribution in [-0.4, -0.2) is 63.0 Å². The molecular weight excluding hydrogens is 594 g/mol. The number of aromatic nitrogens is 2. The summed E-state index contributed by atoms with van der Waals surface area (Å²) in [5, 5.41) is 14.5. The zero-order valence-electron chi connectivity index (χ0n) is 24.8. The molecule has 2 heterocycles. The number of benzene rings is 3. The average molecular weight is 630 g/mol. The van der Waals surface area contributed by atoms with Crippen molar-refractivity contribution < 1.29 is 19.2 Å². The van der Waals surface area contributed by atoms with Crippen LogP contribution in [0.15, 0.2) is 91.3 Å². The molecule has 0 radical (unpaired) electrons. The van der Waals surface area contributed by atoms with Gasteiger partial charge in [0.1, 0.15) is 6.10 Å². The van der Waals surface area contributed by atoms with Crippen LogP contribution < -0.4 is 5.32 Å². The first kappa shape index (κ1) is 31.9. The van der Waals surface area contributed by atoms with Gasteiger partial charge in [0.2, 0.25) is 0 Å². The van der Waals surface area contributed by atoms with E-state index in [0.29, 0.717) is 31.7 Å². The van der Waals surface area contributed by atoms with Gasteiger partial charge in [0.15, 0.2) is 5.69 Å². The van der Waals surface area contributed by atoms with E-state index in [2.05, 4.69) is 17.4 Å². The molecule has 11 heteroatoms. The van der Waals surface area contributed by atoms with Crippen LogP contribution in [0.4, 0.5) is 5.69 Å². The van der Waals surface area contributed by atoms with Crippen molar-refractivity contribution in [1.29, 1.82) is 0 Å². The Morgan fingerprint density at radius 1 is 0.956 bits per heavy atom. The smallest absolute Gasteiger partial charge is 0.338 e. The fraction of sp³-hybridized carbons (Fsp3) is 0.324. The van der Waals surface area contributed by atoms with Crippen LogP contribution in [-0.2, 0) is 11.2 Å². The number of non-ortho nitro benzene ring substituents is 1. The fourth-order valence-electron chi connectivity index (χ4n) is 6.34. The van der Waals surface area contributed by atoms with Gasteiger partial charge in [-0.3, -0.25) is 14.9 Å². The minimum atomic E-state index is -0.529. The molecule has 1 saturated carbocycles. The third kappa shape index (κ3) is 7.08. The van der Waals surface area contributed by atoms with Crippen molar-refractivity contribution in [2.75, 3.05) is 19.6 Å². The molecule has 10 nitrogen and oxygen atoms in total. The standard InChI is InChI=1S/C34H35N5O5.ClH/c40-33(37-20-19-35-22-28(37)21-24-9-3-1-4-10-24)31-32(25-11-5-2-6-12-25)38(23-36-31)29-13-7-8-14-30(29)44-34(41)26-15-17-27(18-16-26)39(42)43;/h1-6,9-12,15-18,23,28-30,35H,7-8,13-14,19-22H2;1H/t28-,29+,30-;/m1./s1. The number of nitrogens with one attached hydrogen (secondary N) is 1. The maximum atomic E-state index is 14.3. The van der Waals surface area contributed by atoms with Crippen molar-refractivity contribution in [2.45, 2.75) is 50.3 Å². The predicted molar refractivity (Wildman–Crippen MR) is 173 cm³/mol. The van der Waals surface area contributed by atoms with Gasteiger partial charge in [0.25, 0.3) is 11.6 Å². The van der Waals surface area contributed by atoms with Gasteiger partial charge in [-0.25, -0.2) is 9.78 Å². The number of nitro benzene ring substituents is 1. The van der Waals surface area contributed by atoms with E-state index in [0.717, 1.165) is 36.9 Å². The second kappa shape index (κ2) is 14.5. The van der Waals surface area contributed by atoms with Gasteiger partial charge in [-0.15, -0.1) is 12.4 Å². The zero-order chi connectivity index (χ0) is 30.5. The number of piperazine rings is 1. The maximum Gasteiger partial charge on any atom is 0.338 e. The van der Waals surface area contributed by atoms with Crippen LogP contribution in [0.2, 0.25) is 0 Å². The first-order chi connectivity index (χ1) is 21.5. The molecule has 3 aromatic carbocycles. The summed E-state index contributed by atoms with van der Waals surface area (Å²) in [6, 6.07) is 25.2. The molecule has 0 bridgehead atoms. The fourth-order valence-corrected chi connectivity index (χ4v) is 6.34. The summed E-state index contributed by atoms with van der Waals surface area (Å²) >= 11 is 0. The highest BCUT2D eigenvalue weighted by Gasteiger charge is 2.36. The number of rotatable bonds is 8. The first-order valence-electron chi connectivity index (χ1n) is 15.1. The van der Waals surface area contributed by atoms with Crippen LogP contribution in [0.1, 0.15) is 58.1 Å². The lowest BCUT2D eigenvalue weighted by Crippen LogP contribution is -2.54. The topological polar surface area (TPSA) is 120 Å². The number of halogens is 1. The van der Waals surface area contributed by atoms with E-state index in [1.165, 1.54) is 29.8 Å². The average Bonchev–Trinajstić information content (AvgIpc) is 3.51. The quantitative estimate of drug-likeness (QED) is 0.147. The van der Waals surface area contributed by atoms with Crippen LogP contribution in [0.25, 0.3) is 11.3 Å². The zero-order valence-corrected chi connectivity index (χ0v) is 25.6. The number of esters is 1. The van der Waals surface area contributed by atoms with Gasteiger partial charge in [0.05, 0.1) is 28.5 Å². The second-order valence-electron chi connectivity index (χ2n) is 11.4. The summed E-state index contributed by atoms with van der Waals surface area (Å²) in [4.78, 5) is 44.7. The Balaban J connectivity index is 0.00000400. The van der Waals surface area contributed by atoms with E-state index >= 15 is 0 Å². The van der Waals surface area contributed by atoms with E-state index < -0.39 is 17.0 Å².